The fourth-order valence-corrected chi connectivity index (χ4v) is 4.63. The zero-order chi connectivity index (χ0) is 34.7. The van der Waals surface area contributed by atoms with Crippen molar-refractivity contribution >= 4 is 11.4 Å². The lowest BCUT2D eigenvalue weighted by Crippen LogP contribution is -1.89. The topological polar surface area (TPSA) is 93.2 Å². The lowest BCUT2D eigenvalue weighted by atomic mass is 10.1. The molecule has 0 aliphatic carbocycles. The maximum atomic E-state index is 9.27. The van der Waals surface area contributed by atoms with Crippen LogP contribution in [0.4, 0.5) is 11.4 Å². The monoisotopic (exact) mass is 646 g/mol. The first-order valence-electron chi connectivity index (χ1n) is 15.0. The van der Waals surface area contributed by atoms with Gasteiger partial charge in [0.15, 0.2) is 11.4 Å². The SMILES string of the molecule is [C-]#[N+]c1ccc(Oc2cccc(Oc3ccc(C#Cc4ccc(Oc5cccc(Oc6ccc(C#N)c(C#N)c6)c5)cc4)cc3)c2)cc1[N+]#[C-]. The molecule has 8 nitrogen and oxygen atoms in total. The minimum atomic E-state index is 0.239. The van der Waals surface area contributed by atoms with Crippen LogP contribution in [0.15, 0.2) is 133 Å². The highest BCUT2D eigenvalue weighted by atomic mass is 16.5. The van der Waals surface area contributed by atoms with Crippen LogP contribution in [0, 0.1) is 47.6 Å². The molecule has 0 fully saturated rings. The fraction of sp³-hybridized carbons (Fsp3) is 0. The number of hydrogen-bond acceptors (Lipinski definition) is 6. The quantitative estimate of drug-likeness (QED) is 0.121. The Morgan fingerprint density at radius 1 is 0.400 bits per heavy atom. The van der Waals surface area contributed by atoms with E-state index < -0.39 is 0 Å². The van der Waals surface area contributed by atoms with Gasteiger partial charge in [0, 0.05) is 23.3 Å². The molecule has 6 aromatic rings. The Hall–Kier alpha value is -7.96. The van der Waals surface area contributed by atoms with Crippen molar-refractivity contribution in [3.63, 3.8) is 0 Å². The average Bonchev–Trinajstić information content (AvgIpc) is 3.15. The second-order valence-electron chi connectivity index (χ2n) is 10.5. The minimum absolute atomic E-state index is 0.239. The molecule has 0 atom stereocenters. The Labute approximate surface area is 288 Å². The van der Waals surface area contributed by atoms with Crippen molar-refractivity contribution in [3.8, 4) is 70.0 Å². The molecule has 6 aromatic carbocycles. The van der Waals surface area contributed by atoms with Crippen LogP contribution in [0.5, 0.6) is 46.0 Å². The van der Waals surface area contributed by atoms with Crippen LogP contribution < -0.4 is 18.9 Å². The third-order valence-electron chi connectivity index (χ3n) is 7.03. The van der Waals surface area contributed by atoms with Gasteiger partial charge in [0.1, 0.15) is 58.1 Å². The summed E-state index contributed by atoms with van der Waals surface area (Å²) in [6.07, 6.45) is 0. The van der Waals surface area contributed by atoms with Crippen molar-refractivity contribution in [1.29, 1.82) is 10.5 Å². The predicted octanol–water partition coefficient (Wildman–Crippen LogP) is 11.1. The van der Waals surface area contributed by atoms with Crippen molar-refractivity contribution in [2.45, 2.75) is 0 Å². The van der Waals surface area contributed by atoms with Gasteiger partial charge < -0.3 is 18.9 Å². The van der Waals surface area contributed by atoms with E-state index in [1.165, 1.54) is 6.07 Å². The van der Waals surface area contributed by atoms with Crippen molar-refractivity contribution in [2.75, 3.05) is 0 Å². The molecule has 0 bridgehead atoms. The molecular formula is C42H22N4O4. The van der Waals surface area contributed by atoms with Crippen molar-refractivity contribution in [3.05, 3.63) is 179 Å². The van der Waals surface area contributed by atoms with Crippen LogP contribution in [0.3, 0.4) is 0 Å². The second-order valence-corrected chi connectivity index (χ2v) is 10.5. The maximum Gasteiger partial charge on any atom is 0.198 e. The van der Waals surface area contributed by atoms with Gasteiger partial charge in [-0.15, -0.1) is 0 Å². The molecule has 0 N–H and O–H groups in total. The number of nitriles is 2. The van der Waals surface area contributed by atoms with E-state index in [-0.39, 0.29) is 16.9 Å². The molecule has 0 spiro atoms. The highest BCUT2D eigenvalue weighted by Crippen LogP contribution is 2.35. The summed E-state index contributed by atoms with van der Waals surface area (Å²) in [5, 5.41) is 18.4. The number of rotatable bonds is 8. The molecule has 8 heteroatoms. The summed E-state index contributed by atoms with van der Waals surface area (Å²) in [4.78, 5) is 6.74. The zero-order valence-corrected chi connectivity index (χ0v) is 26.1. The standard InChI is InChI=1S/C42H22N4O4/c1-45-41-22-21-40(26-42(41)46-2)50-38-8-4-6-36(25-38)48-34-18-13-30(14-19-34)10-9-29-11-16-33(17-12-29)47-35-5-3-7-37(24-35)49-39-20-15-31(27-43)32(23-39)28-44/h3-8,11-26H. The van der Waals surface area contributed by atoms with Crippen LogP contribution in [-0.4, -0.2) is 0 Å². The summed E-state index contributed by atoms with van der Waals surface area (Å²) < 4.78 is 23.8. The summed E-state index contributed by atoms with van der Waals surface area (Å²) >= 11 is 0. The van der Waals surface area contributed by atoms with Gasteiger partial charge in [-0.3, -0.25) is 4.85 Å². The first-order valence-corrected chi connectivity index (χ1v) is 15.0. The summed E-state index contributed by atoms with van der Waals surface area (Å²) in [7, 11) is 0. The van der Waals surface area contributed by atoms with Gasteiger partial charge in [0.25, 0.3) is 0 Å². The Morgan fingerprint density at radius 2 is 0.800 bits per heavy atom. The van der Waals surface area contributed by atoms with Gasteiger partial charge >= 0.3 is 0 Å². The van der Waals surface area contributed by atoms with E-state index in [0.29, 0.717) is 51.6 Å². The first kappa shape index (κ1) is 32.0. The predicted molar refractivity (Wildman–Crippen MR) is 187 cm³/mol. The molecule has 6 rings (SSSR count). The van der Waals surface area contributed by atoms with Gasteiger partial charge in [0.2, 0.25) is 0 Å². The Balaban J connectivity index is 1.04. The third kappa shape index (κ3) is 8.06. The Kier molecular flexibility index (Phi) is 9.66. The van der Waals surface area contributed by atoms with Gasteiger partial charge in [-0.05, 0) is 103 Å². The lowest BCUT2D eigenvalue weighted by Gasteiger charge is -2.10. The molecular weight excluding hydrogens is 624 g/mol. The molecule has 0 aliphatic heterocycles. The van der Waals surface area contributed by atoms with E-state index >= 15 is 0 Å². The lowest BCUT2D eigenvalue weighted by molar-refractivity contribution is 0.460. The highest BCUT2D eigenvalue weighted by molar-refractivity contribution is 5.72. The molecule has 0 unspecified atom stereocenters. The number of benzene rings is 6. The fourth-order valence-electron chi connectivity index (χ4n) is 4.63. The van der Waals surface area contributed by atoms with Crippen molar-refractivity contribution < 1.29 is 18.9 Å². The van der Waals surface area contributed by atoms with E-state index in [1.54, 1.807) is 60.7 Å². The second kappa shape index (κ2) is 15.1. The van der Waals surface area contributed by atoms with Gasteiger partial charge in [-0.1, -0.05) is 30.0 Å². The van der Waals surface area contributed by atoms with Crippen LogP contribution >= 0.6 is 0 Å². The molecule has 50 heavy (non-hydrogen) atoms. The normalized spacial score (nSPS) is 9.76. The Bertz CT molecular complexity index is 2260. The van der Waals surface area contributed by atoms with Crippen LogP contribution in [-0.2, 0) is 0 Å². The van der Waals surface area contributed by atoms with Gasteiger partial charge in [-0.25, -0.2) is 4.85 Å². The van der Waals surface area contributed by atoms with Crippen LogP contribution in [0.2, 0.25) is 0 Å². The van der Waals surface area contributed by atoms with E-state index in [1.807, 2.05) is 78.9 Å². The molecule has 234 valence electrons. The van der Waals surface area contributed by atoms with Crippen molar-refractivity contribution in [1.82, 2.24) is 0 Å². The van der Waals surface area contributed by atoms with Gasteiger partial charge in [0.05, 0.1) is 24.3 Å². The van der Waals surface area contributed by atoms with E-state index in [0.717, 1.165) is 11.1 Å². The van der Waals surface area contributed by atoms with Crippen molar-refractivity contribution in [2.24, 2.45) is 0 Å². The summed E-state index contributed by atoms with van der Waals surface area (Å²) in [6, 6.07) is 42.6. The molecule has 0 saturated carbocycles. The first-order chi connectivity index (χ1) is 24.5. The van der Waals surface area contributed by atoms with Crippen LogP contribution in [0.1, 0.15) is 22.3 Å². The van der Waals surface area contributed by atoms with E-state index in [4.69, 9.17) is 37.4 Å². The number of ether oxygens (including phenoxy) is 4. The third-order valence-corrected chi connectivity index (χ3v) is 7.03. The average molecular weight is 647 g/mol. The minimum Gasteiger partial charge on any atom is -0.459 e. The Morgan fingerprint density at radius 3 is 1.26 bits per heavy atom. The van der Waals surface area contributed by atoms with Gasteiger partial charge in [-0.2, -0.15) is 10.5 Å². The summed E-state index contributed by atoms with van der Waals surface area (Å²) in [5.41, 5.74) is 2.69. The molecule has 0 aromatic heterocycles. The summed E-state index contributed by atoms with van der Waals surface area (Å²) in [5.74, 6) is 10.7. The van der Waals surface area contributed by atoms with Crippen LogP contribution in [0.25, 0.3) is 9.69 Å². The highest BCUT2D eigenvalue weighted by Gasteiger charge is 2.08. The van der Waals surface area contributed by atoms with E-state index in [9.17, 15) is 5.26 Å². The molecule has 0 aliphatic rings. The smallest absolute Gasteiger partial charge is 0.198 e. The molecule has 0 heterocycles. The molecule has 0 radical (unpaired) electrons. The largest absolute Gasteiger partial charge is 0.459 e. The molecule has 0 amide bonds. The maximum absolute atomic E-state index is 9.27. The molecule has 0 saturated heterocycles. The zero-order valence-electron chi connectivity index (χ0n) is 26.1. The summed E-state index contributed by atoms with van der Waals surface area (Å²) in [6.45, 7) is 14.4. The van der Waals surface area contributed by atoms with E-state index in [2.05, 4.69) is 21.5 Å². The number of hydrogen-bond donors (Lipinski definition) is 0. The number of nitrogens with zero attached hydrogens (tertiary/aromatic N) is 4.